The number of unbranched alkanes of at least 4 members (excludes halogenated alkanes) is 52. The monoisotopic (exact) mass is 1450 g/mol. The Morgan fingerprint density at radius 2 is 0.465 bits per heavy atom. The average molecular weight is 1450 g/mol. The van der Waals surface area contributed by atoms with Gasteiger partial charge >= 0.3 is 39.5 Å². The summed E-state index contributed by atoms with van der Waals surface area (Å²) in [4.78, 5) is 72.9. The van der Waals surface area contributed by atoms with Crippen LogP contribution < -0.4 is 0 Å². The van der Waals surface area contributed by atoms with E-state index in [9.17, 15) is 43.2 Å². The van der Waals surface area contributed by atoms with Crippen LogP contribution in [0.2, 0.25) is 0 Å². The molecule has 17 nitrogen and oxygen atoms in total. The van der Waals surface area contributed by atoms with E-state index in [1.807, 2.05) is 0 Å². The Morgan fingerprint density at radius 1 is 0.273 bits per heavy atom. The van der Waals surface area contributed by atoms with Gasteiger partial charge in [-0.2, -0.15) is 0 Å². The lowest BCUT2D eigenvalue weighted by atomic mass is 10.0. The van der Waals surface area contributed by atoms with Crippen LogP contribution in [0.5, 0.6) is 0 Å². The lowest BCUT2D eigenvalue weighted by Gasteiger charge is -2.21. The maximum Gasteiger partial charge on any atom is 0.472 e. The second-order valence-electron chi connectivity index (χ2n) is 29.3. The molecule has 0 fully saturated rings. The second-order valence-corrected chi connectivity index (χ2v) is 32.2. The molecule has 0 aromatic rings. The van der Waals surface area contributed by atoms with Crippen LogP contribution >= 0.6 is 15.6 Å². The summed E-state index contributed by atoms with van der Waals surface area (Å²) in [5.74, 6) is -1.42. The zero-order chi connectivity index (χ0) is 72.7. The summed E-state index contributed by atoms with van der Waals surface area (Å²) in [6.45, 7) is 7.24. The molecule has 2 unspecified atom stereocenters. The summed E-state index contributed by atoms with van der Waals surface area (Å²) in [6.07, 6.45) is 64.1. The number of aliphatic hydroxyl groups is 1. The van der Waals surface area contributed by atoms with Crippen molar-refractivity contribution in [3.05, 3.63) is 0 Å². The first kappa shape index (κ1) is 97.1. The molecule has 0 aliphatic rings. The molecular formula is C80H156O17P2. The molecule has 0 aromatic heterocycles. The van der Waals surface area contributed by atoms with Crippen molar-refractivity contribution in [3.8, 4) is 0 Å². The highest BCUT2D eigenvalue weighted by molar-refractivity contribution is 7.47. The fourth-order valence-electron chi connectivity index (χ4n) is 12.4. The lowest BCUT2D eigenvalue weighted by Crippen LogP contribution is -2.30. The predicted octanol–water partition coefficient (Wildman–Crippen LogP) is 24.0. The molecule has 0 aromatic carbocycles. The maximum atomic E-state index is 13.1. The van der Waals surface area contributed by atoms with Gasteiger partial charge in [-0.3, -0.25) is 37.3 Å². The van der Waals surface area contributed by atoms with Crippen LogP contribution in [0.3, 0.4) is 0 Å². The van der Waals surface area contributed by atoms with E-state index >= 15 is 0 Å². The third-order valence-electron chi connectivity index (χ3n) is 18.8. The van der Waals surface area contributed by atoms with Gasteiger partial charge in [0, 0.05) is 25.7 Å². The first-order valence-electron chi connectivity index (χ1n) is 41.6. The van der Waals surface area contributed by atoms with E-state index in [-0.39, 0.29) is 25.7 Å². The number of carbonyl (C=O) groups excluding carboxylic acids is 4. The molecule has 3 N–H and O–H groups in total. The standard InChI is InChI=1S/C80H156O17P2/c1-6-9-12-15-18-21-24-26-28-30-31-32-33-34-36-38-40-42-45-50-55-60-65-79(84)96-75(69-91-78(83)64-59-54-49-44-41-39-37-35-29-27-25-22-19-16-13-10-7-2)71-94-98(86,87)92-67-74(81)68-93-99(88,89)95-72-76(97-80(85)66-61-56-51-46-47-52-57-62-73(4)5)70-90-77(82)63-58-53-48-43-23-20-17-14-11-8-3/h73-76,81H,6-72H2,1-5H3,(H,86,87)(H,88,89)/t74-,75-,76-/m1/s1. The molecule has 99 heavy (non-hydrogen) atoms. The fraction of sp³-hybridized carbons (Fsp3) is 0.950. The van der Waals surface area contributed by atoms with Gasteiger partial charge in [0.1, 0.15) is 19.3 Å². The Bertz CT molecular complexity index is 1890. The highest BCUT2D eigenvalue weighted by Gasteiger charge is 2.30. The lowest BCUT2D eigenvalue weighted by molar-refractivity contribution is -0.161. The third kappa shape index (κ3) is 74.1. The van der Waals surface area contributed by atoms with E-state index in [4.69, 9.17) is 37.0 Å². The first-order chi connectivity index (χ1) is 48.0. The fourth-order valence-corrected chi connectivity index (χ4v) is 14.0. The van der Waals surface area contributed by atoms with Gasteiger partial charge in [0.2, 0.25) is 0 Å². The summed E-state index contributed by atoms with van der Waals surface area (Å²) in [5.41, 5.74) is 0. The molecule has 0 spiro atoms. The normalized spacial score (nSPS) is 13.9. The van der Waals surface area contributed by atoms with Crippen LogP contribution in [0.4, 0.5) is 0 Å². The van der Waals surface area contributed by atoms with E-state index in [0.29, 0.717) is 31.6 Å². The molecule has 0 bridgehead atoms. The Labute approximate surface area is 607 Å². The number of hydrogen-bond donors (Lipinski definition) is 3. The summed E-state index contributed by atoms with van der Waals surface area (Å²) in [6, 6.07) is 0. The van der Waals surface area contributed by atoms with Crippen LogP contribution in [0.25, 0.3) is 0 Å². The molecule has 0 amide bonds. The van der Waals surface area contributed by atoms with Crippen molar-refractivity contribution in [1.82, 2.24) is 0 Å². The molecule has 19 heteroatoms. The van der Waals surface area contributed by atoms with Crippen molar-refractivity contribution in [2.45, 2.75) is 445 Å². The van der Waals surface area contributed by atoms with Gasteiger partial charge in [-0.25, -0.2) is 9.13 Å². The van der Waals surface area contributed by atoms with Crippen molar-refractivity contribution in [2.24, 2.45) is 5.92 Å². The van der Waals surface area contributed by atoms with E-state index in [1.54, 1.807) is 0 Å². The minimum atomic E-state index is -4.96. The summed E-state index contributed by atoms with van der Waals surface area (Å²) in [5, 5.41) is 10.6. The van der Waals surface area contributed by atoms with Gasteiger partial charge < -0.3 is 33.8 Å². The van der Waals surface area contributed by atoms with Gasteiger partial charge in [0.05, 0.1) is 26.4 Å². The average Bonchev–Trinajstić information content (AvgIpc) is 1.01. The molecule has 0 radical (unpaired) electrons. The van der Waals surface area contributed by atoms with Gasteiger partial charge in [-0.15, -0.1) is 0 Å². The van der Waals surface area contributed by atoms with Crippen LogP contribution in [-0.4, -0.2) is 96.7 Å². The van der Waals surface area contributed by atoms with Crippen molar-refractivity contribution >= 4 is 39.5 Å². The number of phosphoric ester groups is 2. The van der Waals surface area contributed by atoms with E-state index in [2.05, 4.69) is 34.6 Å². The molecule has 0 rings (SSSR count). The molecule has 0 aliphatic heterocycles. The summed E-state index contributed by atoms with van der Waals surface area (Å²) >= 11 is 0. The number of hydrogen-bond acceptors (Lipinski definition) is 15. The minimum absolute atomic E-state index is 0.104. The van der Waals surface area contributed by atoms with Crippen LogP contribution in [0, 0.1) is 5.92 Å². The van der Waals surface area contributed by atoms with E-state index in [1.165, 1.54) is 250 Å². The smallest absolute Gasteiger partial charge is 0.462 e. The molecule has 0 heterocycles. The van der Waals surface area contributed by atoms with Crippen LogP contribution in [0.15, 0.2) is 0 Å². The van der Waals surface area contributed by atoms with E-state index in [0.717, 1.165) is 89.9 Å². The van der Waals surface area contributed by atoms with Crippen LogP contribution in [-0.2, 0) is 65.4 Å². The minimum Gasteiger partial charge on any atom is -0.462 e. The second kappa shape index (κ2) is 73.0. The first-order valence-corrected chi connectivity index (χ1v) is 44.6. The number of rotatable bonds is 80. The van der Waals surface area contributed by atoms with Crippen LogP contribution in [0.1, 0.15) is 426 Å². The zero-order valence-corrected chi connectivity index (χ0v) is 66.4. The van der Waals surface area contributed by atoms with Crippen molar-refractivity contribution in [3.63, 3.8) is 0 Å². The van der Waals surface area contributed by atoms with Gasteiger partial charge in [0.15, 0.2) is 12.2 Å². The molecule has 0 aliphatic carbocycles. The number of carbonyl (C=O) groups is 4. The number of esters is 4. The maximum absolute atomic E-state index is 13.1. The molecule has 0 saturated heterocycles. The number of aliphatic hydroxyl groups excluding tert-OH is 1. The molecule has 5 atom stereocenters. The Balaban J connectivity index is 5.18. The summed E-state index contributed by atoms with van der Waals surface area (Å²) in [7, 11) is -9.91. The number of ether oxygens (including phenoxy) is 4. The zero-order valence-electron chi connectivity index (χ0n) is 64.6. The Hall–Kier alpha value is -1.94. The van der Waals surface area contributed by atoms with Gasteiger partial charge in [-0.05, 0) is 31.6 Å². The van der Waals surface area contributed by atoms with Crippen molar-refractivity contribution in [1.29, 1.82) is 0 Å². The molecule has 0 saturated carbocycles. The SMILES string of the molecule is CCCCCCCCCCCCCCCCCCCCCCCCC(=O)O[C@H](COC(=O)CCCCCCCCCCCCCCCCCCC)COP(=O)(O)OC[C@@H](O)COP(=O)(O)OC[C@@H](COC(=O)CCCCCCCCCCCC)OC(=O)CCCCCCCCCC(C)C. The molecule has 588 valence electrons. The van der Waals surface area contributed by atoms with E-state index < -0.39 is 97.5 Å². The van der Waals surface area contributed by atoms with Crippen molar-refractivity contribution in [2.75, 3.05) is 39.6 Å². The van der Waals surface area contributed by atoms with Gasteiger partial charge in [-0.1, -0.05) is 375 Å². The molecular weight excluding hydrogens is 1290 g/mol. The number of phosphoric acid groups is 2. The Kier molecular flexibility index (Phi) is 71.6. The van der Waals surface area contributed by atoms with Crippen molar-refractivity contribution < 1.29 is 80.2 Å². The largest absolute Gasteiger partial charge is 0.472 e. The predicted molar refractivity (Wildman–Crippen MR) is 405 cm³/mol. The summed E-state index contributed by atoms with van der Waals surface area (Å²) < 4.78 is 68.6. The highest BCUT2D eigenvalue weighted by atomic mass is 31.2. The highest BCUT2D eigenvalue weighted by Crippen LogP contribution is 2.45. The third-order valence-corrected chi connectivity index (χ3v) is 20.7. The van der Waals surface area contributed by atoms with Gasteiger partial charge in [0.25, 0.3) is 0 Å². The Morgan fingerprint density at radius 3 is 0.687 bits per heavy atom. The quantitative estimate of drug-likeness (QED) is 0.0222. The topological polar surface area (TPSA) is 237 Å².